The number of ether oxygens (including phenoxy) is 2. The molecule has 3 heterocycles. The van der Waals surface area contributed by atoms with Gasteiger partial charge in [-0.2, -0.15) is 0 Å². The number of fused-ring (bicyclic) bond motifs is 1. The molecule has 2 aliphatic rings. The van der Waals surface area contributed by atoms with Gasteiger partial charge in [0.15, 0.2) is 11.5 Å². The van der Waals surface area contributed by atoms with Crippen molar-refractivity contribution in [1.29, 1.82) is 0 Å². The smallest absolute Gasteiger partial charge is 0.243 e. The van der Waals surface area contributed by atoms with Gasteiger partial charge >= 0.3 is 0 Å². The summed E-state index contributed by atoms with van der Waals surface area (Å²) in [4.78, 5) is 40.0. The predicted octanol–water partition coefficient (Wildman–Crippen LogP) is 2.21. The first-order valence-electron chi connectivity index (χ1n) is 10.8. The first kappa shape index (κ1) is 21.7. The molecule has 0 bridgehead atoms. The molecule has 32 heavy (non-hydrogen) atoms. The Labute approximate surface area is 186 Å². The third-order valence-corrected chi connectivity index (χ3v) is 5.97. The standard InChI is InChI=1S/C23H27N3O6/c1-3-14(2)21(23(29)24-11-17-5-4-8-30-17)25-22(28)15-9-20(27)26(12-15)16-6-7-18-19(10-16)32-13-31-18/h4-8,10,14-15,21H,3,9,11-13H2,1-2H3,(H,24,29)(H,25,28). The number of anilines is 1. The molecule has 2 aromatic rings. The first-order chi connectivity index (χ1) is 15.5. The lowest BCUT2D eigenvalue weighted by Gasteiger charge is -2.25. The lowest BCUT2D eigenvalue weighted by atomic mass is 9.97. The van der Waals surface area contributed by atoms with E-state index in [1.807, 2.05) is 13.8 Å². The number of carbonyl (C=O) groups excluding carboxylic acids is 3. The molecule has 1 aromatic carbocycles. The number of hydrogen-bond acceptors (Lipinski definition) is 6. The molecule has 1 aromatic heterocycles. The van der Waals surface area contributed by atoms with Crippen molar-refractivity contribution < 1.29 is 28.3 Å². The van der Waals surface area contributed by atoms with Crippen molar-refractivity contribution in [2.24, 2.45) is 11.8 Å². The summed E-state index contributed by atoms with van der Waals surface area (Å²) in [7, 11) is 0. The third kappa shape index (κ3) is 4.56. The average Bonchev–Trinajstić information content (AvgIpc) is 3.55. The van der Waals surface area contributed by atoms with Gasteiger partial charge in [-0.15, -0.1) is 0 Å². The first-order valence-corrected chi connectivity index (χ1v) is 10.8. The number of carbonyl (C=O) groups is 3. The number of furan rings is 1. The summed E-state index contributed by atoms with van der Waals surface area (Å²) < 4.78 is 15.9. The molecule has 9 nitrogen and oxygen atoms in total. The molecule has 3 amide bonds. The molecule has 2 aliphatic heterocycles. The van der Waals surface area contributed by atoms with Crippen molar-refractivity contribution in [1.82, 2.24) is 10.6 Å². The van der Waals surface area contributed by atoms with E-state index in [2.05, 4.69) is 10.6 Å². The topological polar surface area (TPSA) is 110 Å². The zero-order valence-corrected chi connectivity index (χ0v) is 18.1. The van der Waals surface area contributed by atoms with Crippen LogP contribution in [0.2, 0.25) is 0 Å². The van der Waals surface area contributed by atoms with E-state index in [0.29, 0.717) is 29.4 Å². The van der Waals surface area contributed by atoms with Crippen LogP contribution in [-0.4, -0.2) is 37.1 Å². The number of nitrogens with one attached hydrogen (secondary N) is 2. The van der Waals surface area contributed by atoms with Gasteiger partial charge in [-0.1, -0.05) is 20.3 Å². The molecule has 3 unspecified atom stereocenters. The van der Waals surface area contributed by atoms with E-state index in [4.69, 9.17) is 13.9 Å². The summed E-state index contributed by atoms with van der Waals surface area (Å²) in [5, 5.41) is 5.68. The fourth-order valence-electron chi connectivity index (χ4n) is 3.86. The molecular formula is C23H27N3O6. The Balaban J connectivity index is 1.39. The Morgan fingerprint density at radius 2 is 2.03 bits per heavy atom. The molecule has 1 fully saturated rings. The van der Waals surface area contributed by atoms with Crippen LogP contribution < -0.4 is 25.0 Å². The second-order valence-electron chi connectivity index (χ2n) is 8.11. The minimum Gasteiger partial charge on any atom is -0.467 e. The SMILES string of the molecule is CCC(C)C(NC(=O)C1CC(=O)N(c2ccc3c(c2)OCO3)C1)C(=O)NCc1ccco1. The highest BCUT2D eigenvalue weighted by atomic mass is 16.7. The highest BCUT2D eigenvalue weighted by Gasteiger charge is 2.37. The molecular weight excluding hydrogens is 414 g/mol. The number of amides is 3. The highest BCUT2D eigenvalue weighted by Crippen LogP contribution is 2.37. The van der Waals surface area contributed by atoms with Crippen LogP contribution >= 0.6 is 0 Å². The zero-order chi connectivity index (χ0) is 22.7. The van der Waals surface area contributed by atoms with Gasteiger partial charge in [0.25, 0.3) is 0 Å². The van der Waals surface area contributed by atoms with Crippen molar-refractivity contribution in [3.63, 3.8) is 0 Å². The van der Waals surface area contributed by atoms with Gasteiger partial charge in [0, 0.05) is 24.7 Å². The summed E-state index contributed by atoms with van der Waals surface area (Å²) in [6, 6.07) is 8.09. The van der Waals surface area contributed by atoms with Gasteiger partial charge in [0.1, 0.15) is 11.8 Å². The molecule has 170 valence electrons. The zero-order valence-electron chi connectivity index (χ0n) is 18.1. The summed E-state index contributed by atoms with van der Waals surface area (Å²) in [6.45, 7) is 4.51. The van der Waals surface area contributed by atoms with E-state index < -0.39 is 12.0 Å². The van der Waals surface area contributed by atoms with Gasteiger partial charge in [-0.25, -0.2) is 0 Å². The lowest BCUT2D eigenvalue weighted by Crippen LogP contribution is -2.51. The maximum Gasteiger partial charge on any atom is 0.243 e. The van der Waals surface area contributed by atoms with Crippen LogP contribution in [0.3, 0.4) is 0 Å². The second kappa shape index (κ2) is 9.33. The van der Waals surface area contributed by atoms with Gasteiger partial charge in [0.2, 0.25) is 24.5 Å². The summed E-state index contributed by atoms with van der Waals surface area (Å²) in [5.41, 5.74) is 0.657. The van der Waals surface area contributed by atoms with Crippen LogP contribution in [0.5, 0.6) is 11.5 Å². The normalized spacial score (nSPS) is 19.0. The fourth-order valence-corrected chi connectivity index (χ4v) is 3.86. The summed E-state index contributed by atoms with van der Waals surface area (Å²) >= 11 is 0. The molecule has 0 spiro atoms. The Morgan fingerprint density at radius 1 is 1.22 bits per heavy atom. The molecule has 0 aliphatic carbocycles. The van der Waals surface area contributed by atoms with E-state index in [-0.39, 0.29) is 49.9 Å². The highest BCUT2D eigenvalue weighted by molar-refractivity contribution is 6.01. The van der Waals surface area contributed by atoms with Gasteiger partial charge < -0.3 is 29.4 Å². The van der Waals surface area contributed by atoms with Crippen molar-refractivity contribution in [3.05, 3.63) is 42.4 Å². The number of nitrogens with zero attached hydrogens (tertiary/aromatic N) is 1. The molecule has 0 saturated carbocycles. The van der Waals surface area contributed by atoms with Crippen LogP contribution in [0.15, 0.2) is 41.0 Å². The van der Waals surface area contributed by atoms with E-state index in [9.17, 15) is 14.4 Å². The maximum absolute atomic E-state index is 13.0. The largest absolute Gasteiger partial charge is 0.467 e. The second-order valence-corrected chi connectivity index (χ2v) is 8.11. The average molecular weight is 441 g/mol. The quantitative estimate of drug-likeness (QED) is 0.650. The van der Waals surface area contributed by atoms with Crippen molar-refractivity contribution in [2.45, 2.75) is 39.3 Å². The van der Waals surface area contributed by atoms with Gasteiger partial charge in [-0.3, -0.25) is 14.4 Å². The lowest BCUT2D eigenvalue weighted by molar-refractivity contribution is -0.132. The third-order valence-electron chi connectivity index (χ3n) is 5.97. The fraction of sp³-hybridized carbons (Fsp3) is 0.435. The van der Waals surface area contributed by atoms with Crippen molar-refractivity contribution in [2.75, 3.05) is 18.2 Å². The number of benzene rings is 1. The molecule has 0 radical (unpaired) electrons. The van der Waals surface area contributed by atoms with Crippen molar-refractivity contribution in [3.8, 4) is 11.5 Å². The molecule has 9 heteroatoms. The summed E-state index contributed by atoms with van der Waals surface area (Å²) in [5.74, 6) is 0.496. The van der Waals surface area contributed by atoms with Crippen LogP contribution in [0.25, 0.3) is 0 Å². The van der Waals surface area contributed by atoms with Crippen LogP contribution in [0.4, 0.5) is 5.69 Å². The molecule has 3 atom stereocenters. The van der Waals surface area contributed by atoms with Gasteiger partial charge in [-0.05, 0) is 30.2 Å². The number of hydrogen-bond donors (Lipinski definition) is 2. The van der Waals surface area contributed by atoms with E-state index >= 15 is 0 Å². The Bertz CT molecular complexity index is 990. The molecule has 2 N–H and O–H groups in total. The van der Waals surface area contributed by atoms with Crippen molar-refractivity contribution >= 4 is 23.4 Å². The number of rotatable bonds is 8. The predicted molar refractivity (Wildman–Crippen MR) is 115 cm³/mol. The van der Waals surface area contributed by atoms with E-state index in [1.54, 1.807) is 41.5 Å². The van der Waals surface area contributed by atoms with Crippen LogP contribution in [-0.2, 0) is 20.9 Å². The van der Waals surface area contributed by atoms with Crippen LogP contribution in [0, 0.1) is 11.8 Å². The maximum atomic E-state index is 13.0. The molecule has 4 rings (SSSR count). The minimum atomic E-state index is -0.697. The Morgan fingerprint density at radius 3 is 2.78 bits per heavy atom. The molecule has 1 saturated heterocycles. The Kier molecular flexibility index (Phi) is 6.34. The van der Waals surface area contributed by atoms with E-state index in [1.165, 1.54) is 0 Å². The van der Waals surface area contributed by atoms with Gasteiger partial charge in [0.05, 0.1) is 18.7 Å². The Hall–Kier alpha value is -3.49. The van der Waals surface area contributed by atoms with E-state index in [0.717, 1.165) is 0 Å². The summed E-state index contributed by atoms with van der Waals surface area (Å²) in [6.07, 6.45) is 2.34. The monoisotopic (exact) mass is 441 g/mol. The van der Waals surface area contributed by atoms with Crippen LogP contribution in [0.1, 0.15) is 32.4 Å². The minimum absolute atomic E-state index is 0.0716.